The first-order valence-corrected chi connectivity index (χ1v) is 10.8. The van der Waals surface area contributed by atoms with Crippen molar-refractivity contribution in [1.29, 1.82) is 0 Å². The molecular formula is C19H30N4S. The summed E-state index contributed by atoms with van der Waals surface area (Å²) in [6, 6.07) is 2.55. The summed E-state index contributed by atoms with van der Waals surface area (Å²) in [6.07, 6.45) is 11.8. The number of anilines is 1. The molecular weight excluding hydrogens is 316 g/mol. The summed E-state index contributed by atoms with van der Waals surface area (Å²) in [5.41, 5.74) is 7.18. The molecule has 3 aliphatic rings. The Morgan fingerprint density at radius 2 is 1.83 bits per heavy atom. The minimum Gasteiger partial charge on any atom is -0.369 e. The second-order valence-electron chi connectivity index (χ2n) is 7.80. The van der Waals surface area contributed by atoms with Gasteiger partial charge >= 0.3 is 0 Å². The normalized spacial score (nSPS) is 27.7. The van der Waals surface area contributed by atoms with E-state index in [2.05, 4.69) is 23.1 Å². The van der Waals surface area contributed by atoms with E-state index in [0.29, 0.717) is 17.9 Å². The minimum absolute atomic E-state index is 0.373. The molecule has 0 unspecified atom stereocenters. The third-order valence-electron chi connectivity index (χ3n) is 5.61. The third kappa shape index (κ3) is 4.23. The molecule has 0 bridgehead atoms. The number of nitrogens with two attached hydrogens (primary N) is 1. The van der Waals surface area contributed by atoms with Crippen molar-refractivity contribution in [2.24, 2.45) is 5.73 Å². The van der Waals surface area contributed by atoms with Gasteiger partial charge in [0.2, 0.25) is 0 Å². The average Bonchev–Trinajstić information content (AvgIpc) is 3.42. The summed E-state index contributed by atoms with van der Waals surface area (Å²) in [4.78, 5) is 9.62. The molecule has 0 saturated heterocycles. The lowest BCUT2D eigenvalue weighted by Gasteiger charge is -2.32. The monoisotopic (exact) mass is 346 g/mol. The number of nitrogens with zero attached hydrogens (tertiary/aromatic N) is 2. The molecule has 1 heterocycles. The van der Waals surface area contributed by atoms with Crippen molar-refractivity contribution in [2.75, 3.05) is 17.6 Å². The van der Waals surface area contributed by atoms with Gasteiger partial charge in [0, 0.05) is 47.2 Å². The Kier molecular flexibility index (Phi) is 5.28. The van der Waals surface area contributed by atoms with Crippen LogP contribution < -0.4 is 11.1 Å². The van der Waals surface area contributed by atoms with Gasteiger partial charge in [-0.15, -0.1) is 0 Å². The van der Waals surface area contributed by atoms with Gasteiger partial charge in [-0.05, 0) is 38.5 Å². The highest BCUT2D eigenvalue weighted by Gasteiger charge is 2.32. The van der Waals surface area contributed by atoms with E-state index in [0.717, 1.165) is 36.3 Å². The van der Waals surface area contributed by atoms with Crippen LogP contribution in [0.3, 0.4) is 0 Å². The molecule has 5 heteroatoms. The maximum absolute atomic E-state index is 5.96. The van der Waals surface area contributed by atoms with E-state index >= 15 is 0 Å². The quantitative estimate of drug-likeness (QED) is 0.730. The molecule has 1 aromatic rings. The lowest BCUT2D eigenvalue weighted by Crippen LogP contribution is -2.35. The van der Waals surface area contributed by atoms with Crippen molar-refractivity contribution in [1.82, 2.24) is 9.97 Å². The van der Waals surface area contributed by atoms with Gasteiger partial charge in [0.25, 0.3) is 0 Å². The molecule has 0 radical (unpaired) electrons. The van der Waals surface area contributed by atoms with Gasteiger partial charge in [-0.3, -0.25) is 0 Å². The fourth-order valence-corrected chi connectivity index (χ4v) is 5.07. The van der Waals surface area contributed by atoms with Crippen LogP contribution in [0.2, 0.25) is 0 Å². The SMILES string of the molecule is NC1CC(c2cc(NCCSC3CCCCC3)nc(C3CC3)n2)C1. The van der Waals surface area contributed by atoms with Crippen molar-refractivity contribution in [3.8, 4) is 0 Å². The fraction of sp³-hybridized carbons (Fsp3) is 0.789. The smallest absolute Gasteiger partial charge is 0.134 e. The Labute approximate surface area is 149 Å². The Balaban J connectivity index is 1.31. The fourth-order valence-electron chi connectivity index (χ4n) is 3.85. The van der Waals surface area contributed by atoms with Crippen molar-refractivity contribution in [3.63, 3.8) is 0 Å². The molecule has 0 aliphatic heterocycles. The number of rotatable bonds is 7. The molecule has 3 saturated carbocycles. The lowest BCUT2D eigenvalue weighted by atomic mass is 9.78. The van der Waals surface area contributed by atoms with Crippen LogP contribution in [-0.2, 0) is 0 Å². The van der Waals surface area contributed by atoms with Gasteiger partial charge in [0.1, 0.15) is 11.6 Å². The van der Waals surface area contributed by atoms with Crippen LogP contribution in [0.25, 0.3) is 0 Å². The van der Waals surface area contributed by atoms with Gasteiger partial charge in [-0.25, -0.2) is 9.97 Å². The second kappa shape index (κ2) is 7.61. The standard InChI is InChI=1S/C19H30N4S/c20-15-10-14(11-15)17-12-18(23-19(22-17)13-6-7-13)21-8-9-24-16-4-2-1-3-5-16/h12-16H,1-11,20H2,(H,21,22,23). The van der Waals surface area contributed by atoms with E-state index < -0.39 is 0 Å². The number of thioether (sulfide) groups is 1. The van der Waals surface area contributed by atoms with Gasteiger partial charge in [0.15, 0.2) is 0 Å². The first-order valence-electron chi connectivity index (χ1n) is 9.78. The maximum atomic E-state index is 5.96. The molecule has 4 nitrogen and oxygen atoms in total. The molecule has 3 aliphatic carbocycles. The molecule has 0 amide bonds. The van der Waals surface area contributed by atoms with Gasteiger partial charge in [-0.2, -0.15) is 11.8 Å². The summed E-state index contributed by atoms with van der Waals surface area (Å²) in [5, 5.41) is 4.45. The summed E-state index contributed by atoms with van der Waals surface area (Å²) in [6.45, 7) is 1.01. The van der Waals surface area contributed by atoms with Crippen LogP contribution >= 0.6 is 11.8 Å². The summed E-state index contributed by atoms with van der Waals surface area (Å²) < 4.78 is 0. The molecule has 24 heavy (non-hydrogen) atoms. The lowest BCUT2D eigenvalue weighted by molar-refractivity contribution is 0.344. The maximum Gasteiger partial charge on any atom is 0.134 e. The van der Waals surface area contributed by atoms with E-state index in [9.17, 15) is 0 Å². The van der Waals surface area contributed by atoms with Gasteiger partial charge in [0.05, 0.1) is 0 Å². The number of nitrogens with one attached hydrogen (secondary N) is 1. The van der Waals surface area contributed by atoms with Gasteiger partial charge < -0.3 is 11.1 Å². The Hall–Kier alpha value is -0.810. The zero-order chi connectivity index (χ0) is 16.4. The first-order chi connectivity index (χ1) is 11.8. The molecule has 132 valence electrons. The van der Waals surface area contributed by atoms with E-state index in [4.69, 9.17) is 15.7 Å². The summed E-state index contributed by atoms with van der Waals surface area (Å²) >= 11 is 2.14. The zero-order valence-electron chi connectivity index (χ0n) is 14.5. The zero-order valence-corrected chi connectivity index (χ0v) is 15.4. The van der Waals surface area contributed by atoms with E-state index in [1.807, 2.05) is 0 Å². The third-order valence-corrected chi connectivity index (χ3v) is 7.00. The predicted octanol–water partition coefficient (Wildman–Crippen LogP) is 4.04. The van der Waals surface area contributed by atoms with Crippen molar-refractivity contribution >= 4 is 17.6 Å². The average molecular weight is 347 g/mol. The Bertz CT molecular complexity index is 548. The van der Waals surface area contributed by atoms with Gasteiger partial charge in [-0.1, -0.05) is 19.3 Å². The highest BCUT2D eigenvalue weighted by atomic mass is 32.2. The number of hydrogen-bond donors (Lipinski definition) is 2. The Morgan fingerprint density at radius 1 is 1.04 bits per heavy atom. The van der Waals surface area contributed by atoms with Crippen LogP contribution in [0.1, 0.15) is 81.1 Å². The van der Waals surface area contributed by atoms with Crippen LogP contribution in [0.15, 0.2) is 6.07 Å². The van der Waals surface area contributed by atoms with Crippen molar-refractivity contribution < 1.29 is 0 Å². The molecule has 3 fully saturated rings. The van der Waals surface area contributed by atoms with Crippen molar-refractivity contribution in [2.45, 2.75) is 80.9 Å². The summed E-state index contributed by atoms with van der Waals surface area (Å²) in [7, 11) is 0. The van der Waals surface area contributed by atoms with E-state index in [-0.39, 0.29) is 0 Å². The largest absolute Gasteiger partial charge is 0.369 e. The number of aromatic nitrogens is 2. The molecule has 0 spiro atoms. The molecule has 1 aromatic heterocycles. The molecule has 0 atom stereocenters. The van der Waals surface area contributed by atoms with Crippen LogP contribution in [-0.4, -0.2) is 33.6 Å². The Morgan fingerprint density at radius 3 is 2.54 bits per heavy atom. The molecule has 4 rings (SSSR count). The minimum atomic E-state index is 0.373. The topological polar surface area (TPSA) is 63.8 Å². The molecule has 3 N–H and O–H groups in total. The van der Waals surface area contributed by atoms with E-state index in [1.54, 1.807) is 0 Å². The van der Waals surface area contributed by atoms with E-state index in [1.165, 1.54) is 56.4 Å². The summed E-state index contributed by atoms with van der Waals surface area (Å²) in [5.74, 6) is 4.44. The molecule has 0 aromatic carbocycles. The van der Waals surface area contributed by atoms with Crippen LogP contribution in [0, 0.1) is 0 Å². The van der Waals surface area contributed by atoms with Crippen molar-refractivity contribution in [3.05, 3.63) is 17.6 Å². The predicted molar refractivity (Wildman–Crippen MR) is 102 cm³/mol. The first kappa shape index (κ1) is 16.6. The second-order valence-corrected chi connectivity index (χ2v) is 9.20. The van der Waals surface area contributed by atoms with Crippen LogP contribution in [0.4, 0.5) is 5.82 Å². The highest BCUT2D eigenvalue weighted by molar-refractivity contribution is 7.99. The highest BCUT2D eigenvalue weighted by Crippen LogP contribution is 2.41. The van der Waals surface area contributed by atoms with Crippen LogP contribution in [0.5, 0.6) is 0 Å². The number of hydrogen-bond acceptors (Lipinski definition) is 5.